The van der Waals surface area contributed by atoms with E-state index in [1.54, 1.807) is 4.90 Å². The van der Waals surface area contributed by atoms with Gasteiger partial charge in [0.25, 0.3) is 0 Å². The van der Waals surface area contributed by atoms with Crippen LogP contribution in [0, 0.1) is 0 Å². The fourth-order valence-corrected chi connectivity index (χ4v) is 1.96. The second-order valence-electron chi connectivity index (χ2n) is 6.01. The highest BCUT2D eigenvalue weighted by Crippen LogP contribution is 2.13. The summed E-state index contributed by atoms with van der Waals surface area (Å²) in [5, 5.41) is 0. The molecule has 0 aromatic carbocycles. The Bertz CT molecular complexity index is 464. The second-order valence-corrected chi connectivity index (χ2v) is 6.01. The molecule has 2 rings (SSSR count). The van der Waals surface area contributed by atoms with Gasteiger partial charge in [-0.25, -0.2) is 14.8 Å². The minimum atomic E-state index is -0.450. The van der Waals surface area contributed by atoms with Gasteiger partial charge in [-0.1, -0.05) is 5.46 Å². The Balaban J connectivity index is 1.89. The number of carbonyl (C=O) groups excluding carboxylic acids is 1. The zero-order valence-corrected chi connectivity index (χ0v) is 12.6. The van der Waals surface area contributed by atoms with Crippen LogP contribution < -0.4 is 10.4 Å². The van der Waals surface area contributed by atoms with E-state index in [1.165, 1.54) is 0 Å². The average molecular weight is 276 g/mol. The number of hydrogen-bond acceptors (Lipinski definition) is 5. The highest BCUT2D eigenvalue weighted by Gasteiger charge is 2.26. The number of rotatable bonds is 1. The van der Waals surface area contributed by atoms with Crippen LogP contribution in [0.5, 0.6) is 0 Å². The quantitative estimate of drug-likeness (QED) is 0.664. The first-order valence-electron chi connectivity index (χ1n) is 6.87. The van der Waals surface area contributed by atoms with Crippen molar-refractivity contribution < 1.29 is 9.53 Å². The van der Waals surface area contributed by atoms with Crippen LogP contribution in [-0.2, 0) is 4.74 Å². The maximum Gasteiger partial charge on any atom is 0.410 e. The molecule has 0 radical (unpaired) electrons. The van der Waals surface area contributed by atoms with Gasteiger partial charge in [0.2, 0.25) is 5.95 Å². The van der Waals surface area contributed by atoms with E-state index in [0.717, 1.165) is 24.5 Å². The molecule has 1 aliphatic heterocycles. The number of carbonyl (C=O) groups is 1. The first-order valence-corrected chi connectivity index (χ1v) is 6.87. The van der Waals surface area contributed by atoms with Crippen molar-refractivity contribution in [2.24, 2.45) is 0 Å². The van der Waals surface area contributed by atoms with Crippen molar-refractivity contribution >= 4 is 25.4 Å². The minimum Gasteiger partial charge on any atom is -0.444 e. The fraction of sp³-hybridized carbons (Fsp3) is 0.615. The summed E-state index contributed by atoms with van der Waals surface area (Å²) in [6.07, 6.45) is 3.37. The van der Waals surface area contributed by atoms with Crippen molar-refractivity contribution in [1.82, 2.24) is 14.9 Å². The molecule has 1 fully saturated rings. The van der Waals surface area contributed by atoms with Crippen LogP contribution in [0.2, 0.25) is 0 Å². The lowest BCUT2D eigenvalue weighted by Gasteiger charge is -2.35. The zero-order chi connectivity index (χ0) is 14.8. The standard InChI is InChI=1S/C13H21BN4O2/c1-13(2,3)20-12(19)18-6-4-17(5-7-18)11-15-8-10(14)9-16-11/h8-9H,4-7,14H2,1-3H3. The van der Waals surface area contributed by atoms with Gasteiger partial charge < -0.3 is 14.5 Å². The maximum absolute atomic E-state index is 12.0. The van der Waals surface area contributed by atoms with Crippen molar-refractivity contribution in [3.05, 3.63) is 12.4 Å². The number of ether oxygens (including phenoxy) is 1. The van der Waals surface area contributed by atoms with E-state index in [0.29, 0.717) is 13.1 Å². The van der Waals surface area contributed by atoms with Gasteiger partial charge in [0.05, 0.1) is 0 Å². The molecule has 2 heterocycles. The number of anilines is 1. The third kappa shape index (κ3) is 3.85. The van der Waals surface area contributed by atoms with Gasteiger partial charge in [-0.15, -0.1) is 0 Å². The molecule has 1 aliphatic rings. The molecule has 108 valence electrons. The molecule has 1 amide bonds. The number of hydrogen-bond donors (Lipinski definition) is 0. The lowest BCUT2D eigenvalue weighted by Crippen LogP contribution is -2.50. The molecular weight excluding hydrogens is 255 g/mol. The average Bonchev–Trinajstić information content (AvgIpc) is 2.38. The number of nitrogens with zero attached hydrogens (tertiary/aromatic N) is 4. The minimum absolute atomic E-state index is 0.248. The Hall–Kier alpha value is -1.79. The van der Waals surface area contributed by atoms with E-state index in [9.17, 15) is 4.79 Å². The van der Waals surface area contributed by atoms with Gasteiger partial charge in [0.1, 0.15) is 13.4 Å². The molecule has 0 spiro atoms. The van der Waals surface area contributed by atoms with Crippen LogP contribution >= 0.6 is 0 Å². The molecule has 0 N–H and O–H groups in total. The Morgan fingerprint density at radius 3 is 2.25 bits per heavy atom. The molecule has 20 heavy (non-hydrogen) atoms. The monoisotopic (exact) mass is 276 g/mol. The predicted octanol–water partition coefficient (Wildman–Crippen LogP) is -0.208. The number of aromatic nitrogens is 2. The van der Waals surface area contributed by atoms with Crippen LogP contribution in [0.25, 0.3) is 0 Å². The molecule has 0 bridgehead atoms. The van der Waals surface area contributed by atoms with Crippen LogP contribution in [0.15, 0.2) is 12.4 Å². The summed E-state index contributed by atoms with van der Waals surface area (Å²) in [5.74, 6) is 0.722. The van der Waals surface area contributed by atoms with E-state index < -0.39 is 5.60 Å². The van der Waals surface area contributed by atoms with Gasteiger partial charge >= 0.3 is 6.09 Å². The van der Waals surface area contributed by atoms with Crippen molar-refractivity contribution in [2.75, 3.05) is 31.1 Å². The predicted molar refractivity (Wildman–Crippen MR) is 80.2 cm³/mol. The Morgan fingerprint density at radius 2 is 1.75 bits per heavy atom. The topological polar surface area (TPSA) is 58.6 Å². The van der Waals surface area contributed by atoms with Crippen molar-refractivity contribution in [1.29, 1.82) is 0 Å². The highest BCUT2D eigenvalue weighted by atomic mass is 16.6. The lowest BCUT2D eigenvalue weighted by molar-refractivity contribution is 0.0240. The van der Waals surface area contributed by atoms with Gasteiger partial charge in [-0.3, -0.25) is 0 Å². The molecule has 1 aromatic rings. The summed E-state index contributed by atoms with van der Waals surface area (Å²) in [6.45, 7) is 8.34. The first kappa shape index (κ1) is 14.6. The van der Waals surface area contributed by atoms with Gasteiger partial charge in [0.15, 0.2) is 0 Å². The van der Waals surface area contributed by atoms with Gasteiger partial charge in [0, 0.05) is 38.6 Å². The van der Waals surface area contributed by atoms with Crippen LogP contribution in [0.1, 0.15) is 20.8 Å². The molecule has 0 aliphatic carbocycles. The summed E-state index contributed by atoms with van der Waals surface area (Å²) in [7, 11) is 1.96. The Kier molecular flexibility index (Phi) is 4.16. The summed E-state index contributed by atoms with van der Waals surface area (Å²) in [5.41, 5.74) is 0.593. The van der Waals surface area contributed by atoms with Crippen molar-refractivity contribution in [3.8, 4) is 0 Å². The van der Waals surface area contributed by atoms with Crippen LogP contribution in [-0.4, -0.2) is 60.6 Å². The lowest BCUT2D eigenvalue weighted by atomic mass is 10.0. The number of piperazine rings is 1. The van der Waals surface area contributed by atoms with E-state index in [4.69, 9.17) is 4.74 Å². The second kappa shape index (κ2) is 5.69. The van der Waals surface area contributed by atoms with Crippen molar-refractivity contribution in [3.63, 3.8) is 0 Å². The third-order valence-electron chi connectivity index (χ3n) is 2.98. The summed E-state index contributed by atoms with van der Waals surface area (Å²) in [6, 6.07) is 0. The number of amides is 1. The smallest absolute Gasteiger partial charge is 0.410 e. The largest absolute Gasteiger partial charge is 0.444 e. The van der Waals surface area contributed by atoms with E-state index in [2.05, 4.69) is 14.9 Å². The molecule has 1 aromatic heterocycles. The Morgan fingerprint density at radius 1 is 1.20 bits per heavy atom. The van der Waals surface area contributed by atoms with Crippen molar-refractivity contribution in [2.45, 2.75) is 26.4 Å². The zero-order valence-electron chi connectivity index (χ0n) is 12.6. The highest BCUT2D eigenvalue weighted by molar-refractivity contribution is 6.31. The summed E-state index contributed by atoms with van der Waals surface area (Å²) < 4.78 is 5.37. The molecule has 0 atom stereocenters. The summed E-state index contributed by atoms with van der Waals surface area (Å²) in [4.78, 5) is 24.4. The third-order valence-corrected chi connectivity index (χ3v) is 2.98. The fourth-order valence-electron chi connectivity index (χ4n) is 1.96. The molecule has 6 nitrogen and oxygen atoms in total. The maximum atomic E-state index is 12.0. The molecule has 0 saturated carbocycles. The molecular formula is C13H21BN4O2. The van der Waals surface area contributed by atoms with Crippen LogP contribution in [0.4, 0.5) is 10.7 Å². The SMILES string of the molecule is Bc1cnc(N2CCN(C(=O)OC(C)(C)C)CC2)nc1. The van der Waals surface area contributed by atoms with Crippen LogP contribution in [0.3, 0.4) is 0 Å². The van der Waals surface area contributed by atoms with E-state index in [-0.39, 0.29) is 6.09 Å². The van der Waals surface area contributed by atoms with E-state index >= 15 is 0 Å². The first-order chi connectivity index (χ1) is 9.35. The summed E-state index contributed by atoms with van der Waals surface area (Å²) >= 11 is 0. The molecule has 0 unspecified atom stereocenters. The van der Waals surface area contributed by atoms with Gasteiger partial charge in [-0.2, -0.15) is 0 Å². The molecule has 1 saturated heterocycles. The molecule has 7 heteroatoms. The Labute approximate surface area is 120 Å². The van der Waals surface area contributed by atoms with E-state index in [1.807, 2.05) is 41.0 Å². The normalized spacial score (nSPS) is 16.1. The van der Waals surface area contributed by atoms with Gasteiger partial charge in [-0.05, 0) is 20.8 Å².